The summed E-state index contributed by atoms with van der Waals surface area (Å²) in [6, 6.07) is 2.99. The van der Waals surface area contributed by atoms with Gasteiger partial charge < -0.3 is 14.2 Å². The molecule has 1 aliphatic heterocycles. The average molecular weight is 428 g/mol. The van der Waals surface area contributed by atoms with Crippen molar-refractivity contribution >= 4 is 46.6 Å². The number of carbonyl (C=O) groups is 3. The fourth-order valence-corrected chi connectivity index (χ4v) is 3.72. The van der Waals surface area contributed by atoms with Crippen LogP contribution in [-0.2, 0) is 14.3 Å². The number of benzene rings is 1. The Balaban J connectivity index is 2.31. The van der Waals surface area contributed by atoms with E-state index >= 15 is 0 Å². The van der Waals surface area contributed by atoms with Crippen molar-refractivity contribution in [3.8, 4) is 11.5 Å². The fraction of sp³-hybridized carbons (Fsp3) is 0.421. The number of amides is 2. The van der Waals surface area contributed by atoms with Gasteiger partial charge in [-0.1, -0.05) is 11.6 Å². The molecule has 0 saturated carbocycles. The van der Waals surface area contributed by atoms with Crippen LogP contribution < -0.4 is 9.47 Å². The molecule has 0 spiro atoms. The van der Waals surface area contributed by atoms with E-state index in [0.717, 1.165) is 11.8 Å². The molecule has 1 aliphatic rings. The third kappa shape index (κ3) is 5.20. The maximum atomic E-state index is 12.4. The second kappa shape index (κ2) is 9.84. The first-order valence-electron chi connectivity index (χ1n) is 8.80. The Bertz CT molecular complexity index is 808. The first-order chi connectivity index (χ1) is 13.3. The van der Waals surface area contributed by atoms with Crippen LogP contribution in [0.1, 0.15) is 33.3 Å². The smallest absolute Gasteiger partial charge is 0.344 e. The zero-order valence-corrected chi connectivity index (χ0v) is 17.7. The van der Waals surface area contributed by atoms with Crippen molar-refractivity contribution in [2.24, 2.45) is 0 Å². The van der Waals surface area contributed by atoms with Crippen LogP contribution >= 0.6 is 23.4 Å². The van der Waals surface area contributed by atoms with Gasteiger partial charge in [-0.3, -0.25) is 14.5 Å². The molecule has 2 rings (SSSR count). The van der Waals surface area contributed by atoms with Gasteiger partial charge in [0.05, 0.1) is 23.1 Å². The summed E-state index contributed by atoms with van der Waals surface area (Å²) >= 11 is 7.18. The van der Waals surface area contributed by atoms with E-state index in [0.29, 0.717) is 22.8 Å². The van der Waals surface area contributed by atoms with E-state index in [1.807, 2.05) is 0 Å². The molecule has 1 heterocycles. The molecule has 9 heteroatoms. The van der Waals surface area contributed by atoms with Crippen molar-refractivity contribution in [1.29, 1.82) is 0 Å². The lowest BCUT2D eigenvalue weighted by atomic mass is 10.1. The fourth-order valence-electron chi connectivity index (χ4n) is 2.48. The van der Waals surface area contributed by atoms with Gasteiger partial charge in [0.15, 0.2) is 18.1 Å². The topological polar surface area (TPSA) is 82.1 Å². The number of carbonyl (C=O) groups excluding carboxylic acids is 3. The molecular formula is C19H22ClNO6S. The molecule has 0 aromatic heterocycles. The standard InChI is InChI=1S/C19H22ClNO6S/c1-5-25-14-8-12(7-13(20)17(14)27-10-16(22)26-6-2)9-15-18(23)21(11(3)4)19(24)28-15/h7-9,11H,5-6,10H2,1-4H3/b15-9+. The normalized spacial score (nSPS) is 15.5. The second-order valence-electron chi connectivity index (χ2n) is 6.00. The number of hydrogen-bond acceptors (Lipinski definition) is 7. The number of halogens is 1. The Hall–Kier alpha value is -2.19. The van der Waals surface area contributed by atoms with E-state index < -0.39 is 5.97 Å². The predicted molar refractivity (Wildman–Crippen MR) is 108 cm³/mol. The summed E-state index contributed by atoms with van der Waals surface area (Å²) in [5, 5.41) is -0.0960. The predicted octanol–water partition coefficient (Wildman–Crippen LogP) is 4.13. The van der Waals surface area contributed by atoms with Crippen LogP contribution in [-0.4, -0.2) is 47.9 Å². The summed E-state index contributed by atoms with van der Waals surface area (Å²) in [5.41, 5.74) is 0.575. The lowest BCUT2D eigenvalue weighted by molar-refractivity contribution is -0.145. The van der Waals surface area contributed by atoms with Crippen LogP contribution in [0.2, 0.25) is 5.02 Å². The minimum Gasteiger partial charge on any atom is -0.490 e. The molecule has 0 aliphatic carbocycles. The number of hydrogen-bond donors (Lipinski definition) is 0. The molecular weight excluding hydrogens is 406 g/mol. The van der Waals surface area contributed by atoms with E-state index in [1.54, 1.807) is 45.9 Å². The van der Waals surface area contributed by atoms with Crippen molar-refractivity contribution in [2.45, 2.75) is 33.7 Å². The number of thioether (sulfide) groups is 1. The van der Waals surface area contributed by atoms with E-state index in [4.69, 9.17) is 25.8 Å². The third-order valence-corrected chi connectivity index (χ3v) is 4.77. The average Bonchev–Trinajstić information content (AvgIpc) is 2.88. The SMILES string of the molecule is CCOC(=O)COc1c(Cl)cc(/C=C2/SC(=O)N(C(C)C)C2=O)cc1OCC. The van der Waals surface area contributed by atoms with Crippen LogP contribution in [0.15, 0.2) is 17.0 Å². The quantitative estimate of drug-likeness (QED) is 0.455. The maximum Gasteiger partial charge on any atom is 0.344 e. The van der Waals surface area contributed by atoms with E-state index in [1.165, 1.54) is 4.90 Å². The number of rotatable bonds is 8. The molecule has 0 bridgehead atoms. The summed E-state index contributed by atoms with van der Waals surface area (Å²) in [7, 11) is 0. The molecule has 1 aromatic carbocycles. The molecule has 1 fully saturated rings. The third-order valence-electron chi connectivity index (χ3n) is 3.61. The molecule has 152 valence electrons. The van der Waals surface area contributed by atoms with Crippen LogP contribution in [0.25, 0.3) is 6.08 Å². The summed E-state index contributed by atoms with van der Waals surface area (Å²) in [4.78, 5) is 37.5. The zero-order chi connectivity index (χ0) is 20.8. The molecule has 7 nitrogen and oxygen atoms in total. The Morgan fingerprint density at radius 2 is 1.93 bits per heavy atom. The molecule has 0 radical (unpaired) electrons. The summed E-state index contributed by atoms with van der Waals surface area (Å²) < 4.78 is 15.9. The van der Waals surface area contributed by atoms with E-state index in [-0.39, 0.29) is 41.2 Å². The molecule has 1 saturated heterocycles. The van der Waals surface area contributed by atoms with Gasteiger partial charge in [0.1, 0.15) is 0 Å². The van der Waals surface area contributed by atoms with Crippen LogP contribution in [0.4, 0.5) is 4.79 Å². The summed E-state index contributed by atoms with van der Waals surface area (Å²) in [6.45, 7) is 7.34. The highest BCUT2D eigenvalue weighted by Crippen LogP contribution is 2.39. The highest BCUT2D eigenvalue weighted by Gasteiger charge is 2.36. The van der Waals surface area contributed by atoms with Gasteiger partial charge >= 0.3 is 5.97 Å². The lowest BCUT2D eigenvalue weighted by Gasteiger charge is -2.16. The van der Waals surface area contributed by atoms with Crippen molar-refractivity contribution in [2.75, 3.05) is 19.8 Å². The van der Waals surface area contributed by atoms with Gasteiger partial charge in [-0.15, -0.1) is 0 Å². The highest BCUT2D eigenvalue weighted by atomic mass is 35.5. The molecule has 1 aromatic rings. The van der Waals surface area contributed by atoms with Crippen LogP contribution in [0, 0.1) is 0 Å². The van der Waals surface area contributed by atoms with Gasteiger partial charge in [0.25, 0.3) is 11.1 Å². The number of esters is 1. The first-order valence-corrected chi connectivity index (χ1v) is 9.99. The Kier molecular flexibility index (Phi) is 7.77. The molecule has 28 heavy (non-hydrogen) atoms. The maximum absolute atomic E-state index is 12.4. The van der Waals surface area contributed by atoms with E-state index in [9.17, 15) is 14.4 Å². The monoisotopic (exact) mass is 427 g/mol. The van der Waals surface area contributed by atoms with Gasteiger partial charge in [-0.25, -0.2) is 4.79 Å². The van der Waals surface area contributed by atoms with Gasteiger partial charge in [-0.2, -0.15) is 0 Å². The highest BCUT2D eigenvalue weighted by molar-refractivity contribution is 8.18. The number of nitrogens with zero attached hydrogens (tertiary/aromatic N) is 1. The van der Waals surface area contributed by atoms with Crippen molar-refractivity contribution < 1.29 is 28.6 Å². The van der Waals surface area contributed by atoms with E-state index in [2.05, 4.69) is 0 Å². The summed E-state index contributed by atoms with van der Waals surface area (Å²) in [6.07, 6.45) is 1.58. The molecule has 0 N–H and O–H groups in total. The zero-order valence-electron chi connectivity index (χ0n) is 16.1. The largest absolute Gasteiger partial charge is 0.490 e. The number of imide groups is 1. The molecule has 2 amide bonds. The molecule has 0 atom stereocenters. The molecule has 0 unspecified atom stereocenters. The van der Waals surface area contributed by atoms with Gasteiger partial charge in [-0.05, 0) is 63.2 Å². The van der Waals surface area contributed by atoms with Crippen LogP contribution in [0.3, 0.4) is 0 Å². The van der Waals surface area contributed by atoms with Crippen molar-refractivity contribution in [3.63, 3.8) is 0 Å². The first kappa shape index (κ1) is 22.1. The van der Waals surface area contributed by atoms with Crippen molar-refractivity contribution in [3.05, 3.63) is 27.6 Å². The Labute approximate surface area is 172 Å². The number of ether oxygens (including phenoxy) is 3. The minimum atomic E-state index is -0.521. The second-order valence-corrected chi connectivity index (χ2v) is 7.40. The van der Waals surface area contributed by atoms with Crippen LogP contribution in [0.5, 0.6) is 11.5 Å². The lowest BCUT2D eigenvalue weighted by Crippen LogP contribution is -2.34. The van der Waals surface area contributed by atoms with Gasteiger partial charge in [0.2, 0.25) is 0 Å². The Morgan fingerprint density at radius 1 is 1.21 bits per heavy atom. The Morgan fingerprint density at radius 3 is 2.50 bits per heavy atom. The minimum absolute atomic E-state index is 0.212. The van der Waals surface area contributed by atoms with Gasteiger partial charge in [0, 0.05) is 6.04 Å². The summed E-state index contributed by atoms with van der Waals surface area (Å²) in [5.74, 6) is -0.327. The van der Waals surface area contributed by atoms with Crippen molar-refractivity contribution in [1.82, 2.24) is 4.90 Å².